The summed E-state index contributed by atoms with van der Waals surface area (Å²) in [5.41, 5.74) is -1.77. The number of urea groups is 1. The van der Waals surface area contributed by atoms with Crippen molar-refractivity contribution in [2.24, 2.45) is 0 Å². The third kappa shape index (κ3) is 5.13. The van der Waals surface area contributed by atoms with E-state index in [9.17, 15) is 18.0 Å². The monoisotopic (exact) mass is 436 g/mol. The zero-order valence-corrected chi connectivity index (χ0v) is 17.9. The fourth-order valence-corrected chi connectivity index (χ4v) is 2.97. The molecule has 166 valence electrons. The smallest absolute Gasteiger partial charge is 0.494 e. The van der Waals surface area contributed by atoms with E-state index < -0.39 is 36.1 Å². The molecule has 0 atom stereocenters. The van der Waals surface area contributed by atoms with Gasteiger partial charge in [-0.05, 0) is 69.6 Å². The molecule has 1 fully saturated rings. The lowest BCUT2D eigenvalue weighted by atomic mass is 9.78. The second-order valence-electron chi connectivity index (χ2n) is 8.24. The molecule has 1 aliphatic heterocycles. The van der Waals surface area contributed by atoms with Crippen molar-refractivity contribution < 1.29 is 32.0 Å². The number of alkyl halides is 3. The molecule has 2 aromatic carbocycles. The summed E-state index contributed by atoms with van der Waals surface area (Å²) >= 11 is 0. The first-order valence-corrected chi connectivity index (χ1v) is 9.61. The van der Waals surface area contributed by atoms with Crippen molar-refractivity contribution in [1.29, 1.82) is 0 Å². The number of carbonyl (C=O) groups is 1. The number of methoxy groups -OCH3 is 1. The standard InChI is InChI=1S/C21H24BF3N2O4/c1-19(2)20(3,4)31-22(30-19)14-10-13(21(23,24)25)11-16(12-14)27-18(28)26-15-6-8-17(29-5)9-7-15/h6-12H,1-5H3,(H2,26,27,28). The van der Waals surface area contributed by atoms with E-state index in [0.717, 1.165) is 12.1 Å². The molecule has 6 nitrogen and oxygen atoms in total. The van der Waals surface area contributed by atoms with Crippen LogP contribution in [0, 0.1) is 0 Å². The number of amides is 2. The number of hydrogen-bond acceptors (Lipinski definition) is 4. The van der Waals surface area contributed by atoms with Crippen LogP contribution >= 0.6 is 0 Å². The molecular formula is C21H24BF3N2O4. The Bertz CT molecular complexity index is 946. The van der Waals surface area contributed by atoms with Gasteiger partial charge in [-0.15, -0.1) is 0 Å². The number of nitrogens with one attached hydrogen (secondary N) is 2. The quantitative estimate of drug-likeness (QED) is 0.685. The van der Waals surface area contributed by atoms with Gasteiger partial charge in [-0.1, -0.05) is 6.07 Å². The fraction of sp³-hybridized carbons (Fsp3) is 0.381. The summed E-state index contributed by atoms with van der Waals surface area (Å²) in [4.78, 5) is 12.3. The van der Waals surface area contributed by atoms with Gasteiger partial charge in [0, 0.05) is 11.4 Å². The van der Waals surface area contributed by atoms with Crippen LogP contribution in [0.1, 0.15) is 33.3 Å². The number of ether oxygens (including phenoxy) is 1. The number of anilines is 2. The van der Waals surface area contributed by atoms with E-state index in [-0.39, 0.29) is 11.2 Å². The van der Waals surface area contributed by atoms with Crippen molar-refractivity contribution in [2.45, 2.75) is 45.1 Å². The number of halogens is 3. The molecule has 1 heterocycles. The topological polar surface area (TPSA) is 68.8 Å². The highest BCUT2D eigenvalue weighted by atomic mass is 19.4. The van der Waals surface area contributed by atoms with Gasteiger partial charge in [0.2, 0.25) is 0 Å². The Hall–Kier alpha value is -2.72. The molecule has 2 N–H and O–H groups in total. The van der Waals surface area contributed by atoms with Crippen LogP contribution in [0.15, 0.2) is 42.5 Å². The highest BCUT2D eigenvalue weighted by Gasteiger charge is 2.52. The first-order valence-electron chi connectivity index (χ1n) is 9.61. The zero-order valence-electron chi connectivity index (χ0n) is 17.9. The molecule has 0 spiro atoms. The normalized spacial score (nSPS) is 17.4. The highest BCUT2D eigenvalue weighted by Crippen LogP contribution is 2.37. The van der Waals surface area contributed by atoms with E-state index in [4.69, 9.17) is 14.0 Å². The van der Waals surface area contributed by atoms with E-state index in [2.05, 4.69) is 10.6 Å². The van der Waals surface area contributed by atoms with Gasteiger partial charge in [-0.3, -0.25) is 0 Å². The number of rotatable bonds is 4. The van der Waals surface area contributed by atoms with E-state index in [1.165, 1.54) is 13.2 Å². The predicted octanol–water partition coefficient (Wildman–Crippen LogP) is 4.66. The molecule has 0 aromatic heterocycles. The average Bonchev–Trinajstić information content (AvgIpc) is 2.89. The van der Waals surface area contributed by atoms with Crippen molar-refractivity contribution >= 4 is 30.0 Å². The van der Waals surface area contributed by atoms with Gasteiger partial charge in [-0.2, -0.15) is 13.2 Å². The van der Waals surface area contributed by atoms with E-state index in [1.54, 1.807) is 24.3 Å². The molecule has 31 heavy (non-hydrogen) atoms. The van der Waals surface area contributed by atoms with Crippen LogP contribution in [0.25, 0.3) is 0 Å². The third-order valence-corrected chi connectivity index (χ3v) is 5.41. The minimum Gasteiger partial charge on any atom is -0.497 e. The van der Waals surface area contributed by atoms with Crippen LogP contribution in [0.3, 0.4) is 0 Å². The molecule has 1 aliphatic rings. The van der Waals surface area contributed by atoms with Crippen LogP contribution in [0.2, 0.25) is 0 Å². The van der Waals surface area contributed by atoms with E-state index >= 15 is 0 Å². The summed E-state index contributed by atoms with van der Waals surface area (Å²) in [6.45, 7) is 7.23. The van der Waals surface area contributed by atoms with Gasteiger partial charge in [0.15, 0.2) is 0 Å². The maximum absolute atomic E-state index is 13.5. The summed E-state index contributed by atoms with van der Waals surface area (Å²) in [7, 11) is 0.512. The Kier molecular flexibility index (Phi) is 5.99. The molecule has 10 heteroatoms. The maximum atomic E-state index is 13.5. The summed E-state index contributed by atoms with van der Waals surface area (Å²) in [6.07, 6.45) is -4.61. The van der Waals surface area contributed by atoms with Crippen LogP contribution in [-0.4, -0.2) is 31.5 Å². The Morgan fingerprint density at radius 3 is 2.00 bits per heavy atom. The molecule has 0 bridgehead atoms. The second-order valence-corrected chi connectivity index (χ2v) is 8.24. The van der Waals surface area contributed by atoms with Gasteiger partial charge in [0.25, 0.3) is 0 Å². The van der Waals surface area contributed by atoms with Crippen LogP contribution < -0.4 is 20.8 Å². The summed E-state index contributed by atoms with van der Waals surface area (Å²) in [5, 5.41) is 5.01. The SMILES string of the molecule is COc1ccc(NC(=O)Nc2cc(B3OC(C)(C)C(C)(C)O3)cc(C(F)(F)F)c2)cc1. The van der Waals surface area contributed by atoms with Crippen molar-refractivity contribution in [3.05, 3.63) is 48.0 Å². The number of carbonyl (C=O) groups excluding carboxylic acids is 1. The minimum absolute atomic E-state index is 0.0365. The minimum atomic E-state index is -4.61. The molecule has 0 unspecified atom stereocenters. The fourth-order valence-electron chi connectivity index (χ4n) is 2.97. The number of benzene rings is 2. The van der Waals surface area contributed by atoms with Crippen LogP contribution in [-0.2, 0) is 15.5 Å². The molecule has 0 aliphatic carbocycles. The third-order valence-electron chi connectivity index (χ3n) is 5.41. The lowest BCUT2D eigenvalue weighted by molar-refractivity contribution is -0.137. The predicted molar refractivity (Wildman–Crippen MR) is 113 cm³/mol. The molecule has 0 saturated carbocycles. The first kappa shape index (κ1) is 23.0. The Morgan fingerprint density at radius 2 is 1.48 bits per heavy atom. The lowest BCUT2D eigenvalue weighted by Gasteiger charge is -2.32. The Morgan fingerprint density at radius 1 is 0.935 bits per heavy atom. The summed E-state index contributed by atoms with van der Waals surface area (Å²) in [5.74, 6) is 0.607. The largest absolute Gasteiger partial charge is 0.497 e. The van der Waals surface area contributed by atoms with Crippen molar-refractivity contribution in [3.63, 3.8) is 0 Å². The summed E-state index contributed by atoms with van der Waals surface area (Å²) in [6, 6.07) is 9.07. The van der Waals surface area contributed by atoms with Gasteiger partial charge < -0.3 is 24.7 Å². The molecular weight excluding hydrogens is 412 g/mol. The summed E-state index contributed by atoms with van der Waals surface area (Å²) < 4.78 is 57.2. The van der Waals surface area contributed by atoms with E-state index in [1.807, 2.05) is 27.7 Å². The van der Waals surface area contributed by atoms with Gasteiger partial charge in [-0.25, -0.2) is 4.79 Å². The lowest BCUT2D eigenvalue weighted by Crippen LogP contribution is -2.41. The number of hydrogen-bond donors (Lipinski definition) is 2. The average molecular weight is 436 g/mol. The first-order chi connectivity index (χ1) is 14.3. The second kappa shape index (κ2) is 8.09. The zero-order chi connectivity index (χ0) is 23.0. The molecule has 2 aromatic rings. The highest BCUT2D eigenvalue weighted by molar-refractivity contribution is 6.62. The molecule has 1 saturated heterocycles. The molecule has 2 amide bonds. The van der Waals surface area contributed by atoms with E-state index in [0.29, 0.717) is 11.4 Å². The van der Waals surface area contributed by atoms with Crippen LogP contribution in [0.5, 0.6) is 5.75 Å². The van der Waals surface area contributed by atoms with Crippen molar-refractivity contribution in [3.8, 4) is 5.75 Å². The van der Waals surface area contributed by atoms with Gasteiger partial charge in [0.05, 0.1) is 23.9 Å². The molecule has 0 radical (unpaired) electrons. The van der Waals surface area contributed by atoms with Crippen molar-refractivity contribution in [1.82, 2.24) is 0 Å². The van der Waals surface area contributed by atoms with Crippen LogP contribution in [0.4, 0.5) is 29.3 Å². The van der Waals surface area contributed by atoms with Gasteiger partial charge in [0.1, 0.15) is 5.75 Å². The Labute approximate surface area is 179 Å². The van der Waals surface area contributed by atoms with Gasteiger partial charge >= 0.3 is 19.3 Å². The Balaban J connectivity index is 1.84. The maximum Gasteiger partial charge on any atom is 0.494 e. The molecule has 3 rings (SSSR count). The van der Waals surface area contributed by atoms with Crippen molar-refractivity contribution in [2.75, 3.05) is 17.7 Å².